The van der Waals surface area contributed by atoms with Gasteiger partial charge in [-0.3, -0.25) is 9.35 Å². The highest BCUT2D eigenvalue weighted by atomic mass is 32.2. The van der Waals surface area contributed by atoms with Crippen LogP contribution in [0.3, 0.4) is 0 Å². The molecule has 0 spiro atoms. The molecular formula is C12H15N3O5S. The molecule has 114 valence electrons. The van der Waals surface area contributed by atoms with E-state index in [1.54, 1.807) is 6.08 Å². The molecule has 5 N–H and O–H groups in total. The Kier molecular flexibility index (Phi) is 5.44. The number of para-hydroxylation sites is 1. The van der Waals surface area contributed by atoms with Gasteiger partial charge in [-0.05, 0) is 12.1 Å². The number of carbonyl (C=O) groups is 1. The van der Waals surface area contributed by atoms with Gasteiger partial charge in [0.25, 0.3) is 16.0 Å². The number of aliphatic imine (C=N–C) groups is 1. The number of guanidine groups is 1. The zero-order valence-corrected chi connectivity index (χ0v) is 12.0. The first-order valence-corrected chi connectivity index (χ1v) is 7.50. The lowest BCUT2D eigenvalue weighted by molar-refractivity contribution is -0.114. The molecule has 9 heteroatoms. The van der Waals surface area contributed by atoms with E-state index >= 15 is 0 Å². The first-order valence-electron chi connectivity index (χ1n) is 5.65. The quantitative estimate of drug-likeness (QED) is 0.368. The number of nitrogens with zero attached hydrogens (tertiary/aromatic N) is 1. The molecule has 1 aliphatic heterocycles. The van der Waals surface area contributed by atoms with Gasteiger partial charge < -0.3 is 16.2 Å². The first-order chi connectivity index (χ1) is 9.66. The Morgan fingerprint density at radius 3 is 2.48 bits per heavy atom. The van der Waals surface area contributed by atoms with Crippen molar-refractivity contribution in [1.82, 2.24) is 0 Å². The molecule has 1 heterocycles. The molecule has 0 bridgehead atoms. The van der Waals surface area contributed by atoms with Gasteiger partial charge >= 0.3 is 0 Å². The van der Waals surface area contributed by atoms with Crippen LogP contribution in [0.1, 0.15) is 5.56 Å². The van der Waals surface area contributed by atoms with Crippen molar-refractivity contribution in [3.05, 3.63) is 35.4 Å². The van der Waals surface area contributed by atoms with E-state index in [4.69, 9.17) is 20.8 Å². The van der Waals surface area contributed by atoms with Crippen molar-refractivity contribution in [2.75, 3.05) is 12.9 Å². The summed E-state index contributed by atoms with van der Waals surface area (Å²) in [5, 5.41) is 0. The van der Waals surface area contributed by atoms with E-state index in [0.717, 1.165) is 11.3 Å². The highest BCUT2D eigenvalue weighted by molar-refractivity contribution is 7.85. The Morgan fingerprint density at radius 1 is 1.33 bits per heavy atom. The van der Waals surface area contributed by atoms with Crippen molar-refractivity contribution in [3.63, 3.8) is 0 Å². The van der Waals surface area contributed by atoms with E-state index < -0.39 is 16.0 Å². The van der Waals surface area contributed by atoms with E-state index in [0.29, 0.717) is 11.8 Å². The summed E-state index contributed by atoms with van der Waals surface area (Å²) in [6, 6.07) is 7.44. The number of hydrogen-bond acceptors (Lipinski definition) is 4. The van der Waals surface area contributed by atoms with E-state index in [9.17, 15) is 13.2 Å². The average molecular weight is 313 g/mol. The van der Waals surface area contributed by atoms with Gasteiger partial charge in [-0.1, -0.05) is 18.2 Å². The monoisotopic (exact) mass is 313 g/mol. The zero-order valence-electron chi connectivity index (χ0n) is 11.2. The van der Waals surface area contributed by atoms with Crippen LogP contribution in [0.5, 0.6) is 5.75 Å². The van der Waals surface area contributed by atoms with Crippen molar-refractivity contribution in [2.24, 2.45) is 16.5 Å². The molecule has 8 nitrogen and oxygen atoms in total. The molecule has 0 fully saturated rings. The average Bonchev–Trinajstić information content (AvgIpc) is 2.35. The van der Waals surface area contributed by atoms with Gasteiger partial charge in [-0.2, -0.15) is 13.4 Å². The maximum atomic E-state index is 11.5. The van der Waals surface area contributed by atoms with Gasteiger partial charge in [0, 0.05) is 5.56 Å². The van der Waals surface area contributed by atoms with Crippen molar-refractivity contribution >= 4 is 28.1 Å². The summed E-state index contributed by atoms with van der Waals surface area (Å²) >= 11 is 0. The summed E-state index contributed by atoms with van der Waals surface area (Å²) in [6.45, 7) is 0.187. The van der Waals surface area contributed by atoms with Gasteiger partial charge in [-0.15, -0.1) is 0 Å². The van der Waals surface area contributed by atoms with Crippen LogP contribution in [-0.4, -0.2) is 37.7 Å². The highest BCUT2D eigenvalue weighted by Gasteiger charge is 2.16. The summed E-state index contributed by atoms with van der Waals surface area (Å²) in [7, 11) is -3.67. The number of nitrogens with two attached hydrogens (primary N) is 2. The van der Waals surface area contributed by atoms with E-state index in [1.807, 2.05) is 24.3 Å². The molecule has 1 aromatic rings. The largest absolute Gasteiger partial charge is 0.488 e. The van der Waals surface area contributed by atoms with Gasteiger partial charge in [0.2, 0.25) is 0 Å². The number of benzene rings is 1. The van der Waals surface area contributed by atoms with Crippen LogP contribution in [0.2, 0.25) is 0 Å². The topological polar surface area (TPSA) is 145 Å². The highest BCUT2D eigenvalue weighted by Crippen LogP contribution is 2.25. The molecule has 0 saturated carbocycles. The predicted octanol–water partition coefficient (Wildman–Crippen LogP) is -0.234. The van der Waals surface area contributed by atoms with Crippen LogP contribution in [0.15, 0.2) is 34.8 Å². The molecule has 0 saturated heterocycles. The molecule has 1 aliphatic rings. The van der Waals surface area contributed by atoms with Crippen LogP contribution in [0.25, 0.3) is 6.08 Å². The second kappa shape index (κ2) is 6.86. The molecule has 0 atom stereocenters. The number of fused-ring (bicyclic) bond motifs is 1. The fraction of sp³-hybridized carbons (Fsp3) is 0.167. The lowest BCUT2D eigenvalue weighted by Gasteiger charge is -2.15. The smallest absolute Gasteiger partial charge is 0.279 e. The number of ether oxygens (including phenoxy) is 1. The first kappa shape index (κ1) is 16.7. The minimum atomic E-state index is -3.67. The van der Waals surface area contributed by atoms with Crippen LogP contribution < -0.4 is 16.2 Å². The molecule has 2 rings (SSSR count). The summed E-state index contributed by atoms with van der Waals surface area (Å²) in [5.74, 6) is 0.0445. The Hall–Kier alpha value is -2.39. The normalized spacial score (nSPS) is 12.8. The predicted molar refractivity (Wildman–Crippen MR) is 78.2 cm³/mol. The molecular weight excluding hydrogens is 298 g/mol. The zero-order chi connectivity index (χ0) is 16.0. The van der Waals surface area contributed by atoms with Gasteiger partial charge in [0.15, 0.2) is 5.96 Å². The van der Waals surface area contributed by atoms with Gasteiger partial charge in [0.1, 0.15) is 12.4 Å². The summed E-state index contributed by atoms with van der Waals surface area (Å²) in [6.07, 6.45) is 2.45. The third kappa shape index (κ3) is 6.54. The van der Waals surface area contributed by atoms with Crippen LogP contribution in [0, 0.1) is 0 Å². The minimum absolute atomic E-state index is 0.187. The maximum absolute atomic E-state index is 11.5. The number of carbonyl (C=O) groups excluding carboxylic acids is 1. The Morgan fingerprint density at radius 2 is 1.90 bits per heavy atom. The Labute approximate surface area is 121 Å². The standard InChI is InChI=1S/C11H11N3O2.CH4O3S/c12-11(13)14-10(15)8-5-7-3-1-2-4-9(7)16-6-8;1-5(2,3)4/h1-5H,6H2,(H4,12,13,14,15);1H3,(H,2,3,4). The molecule has 0 aliphatic carbocycles. The molecule has 1 aromatic carbocycles. The van der Waals surface area contributed by atoms with Crippen LogP contribution >= 0.6 is 0 Å². The second-order valence-electron chi connectivity index (χ2n) is 4.07. The molecule has 21 heavy (non-hydrogen) atoms. The van der Waals surface area contributed by atoms with Gasteiger partial charge in [-0.25, -0.2) is 0 Å². The lowest BCUT2D eigenvalue weighted by Crippen LogP contribution is -2.25. The number of rotatable bonds is 1. The van der Waals surface area contributed by atoms with Crippen LogP contribution in [0.4, 0.5) is 0 Å². The summed E-state index contributed by atoms with van der Waals surface area (Å²) in [4.78, 5) is 15.0. The Balaban J connectivity index is 0.000000383. The fourth-order valence-electron chi connectivity index (χ4n) is 1.43. The molecule has 0 aromatic heterocycles. The number of hydrogen-bond donors (Lipinski definition) is 3. The molecule has 0 radical (unpaired) electrons. The SMILES string of the molecule is CS(=O)(=O)O.NC(N)=NC(=O)C1=Cc2ccccc2OC1. The second-order valence-corrected chi connectivity index (χ2v) is 5.54. The van der Waals surface area contributed by atoms with Crippen molar-refractivity contribution in [1.29, 1.82) is 0 Å². The molecule has 1 amide bonds. The van der Waals surface area contributed by atoms with Crippen molar-refractivity contribution in [3.8, 4) is 5.75 Å². The van der Waals surface area contributed by atoms with Gasteiger partial charge in [0.05, 0.1) is 11.8 Å². The summed E-state index contributed by atoms with van der Waals surface area (Å²) < 4.78 is 31.3. The summed E-state index contributed by atoms with van der Waals surface area (Å²) in [5.41, 5.74) is 11.6. The Bertz CT molecular complexity index is 683. The van der Waals surface area contributed by atoms with Crippen molar-refractivity contribution < 1.29 is 22.5 Å². The third-order valence-corrected chi connectivity index (χ3v) is 2.14. The molecule has 0 unspecified atom stereocenters. The number of amides is 1. The lowest BCUT2D eigenvalue weighted by atomic mass is 10.1. The van der Waals surface area contributed by atoms with E-state index in [1.165, 1.54) is 0 Å². The maximum Gasteiger partial charge on any atom is 0.279 e. The van der Waals surface area contributed by atoms with E-state index in [-0.39, 0.29) is 12.6 Å². The van der Waals surface area contributed by atoms with E-state index in [2.05, 4.69) is 4.99 Å². The van der Waals surface area contributed by atoms with Crippen LogP contribution in [-0.2, 0) is 14.9 Å². The minimum Gasteiger partial charge on any atom is -0.488 e. The fourth-order valence-corrected chi connectivity index (χ4v) is 1.43. The third-order valence-electron chi connectivity index (χ3n) is 2.14. The van der Waals surface area contributed by atoms with Crippen molar-refractivity contribution in [2.45, 2.75) is 0 Å².